The minimum atomic E-state index is -0.578. The first kappa shape index (κ1) is 14.5. The van der Waals surface area contributed by atoms with Gasteiger partial charge in [0.15, 0.2) is 0 Å². The number of benzene rings is 1. The van der Waals surface area contributed by atoms with Gasteiger partial charge in [0.1, 0.15) is 11.4 Å². The summed E-state index contributed by atoms with van der Waals surface area (Å²) in [6.07, 6.45) is 5.39. The molecule has 1 aromatic carbocycles. The summed E-state index contributed by atoms with van der Waals surface area (Å²) in [6, 6.07) is 8.44. The van der Waals surface area contributed by atoms with E-state index in [1.165, 1.54) is 25.0 Å². The van der Waals surface area contributed by atoms with Gasteiger partial charge in [-0.15, -0.1) is 0 Å². The summed E-state index contributed by atoms with van der Waals surface area (Å²) in [7, 11) is 0. The van der Waals surface area contributed by atoms with Crippen molar-refractivity contribution >= 4 is 5.69 Å². The molecule has 0 aliphatic heterocycles. The first-order chi connectivity index (χ1) is 8.59. The zero-order valence-corrected chi connectivity index (χ0v) is 11.2. The lowest BCUT2D eigenvalue weighted by atomic mass is 9.95. The summed E-state index contributed by atoms with van der Waals surface area (Å²) in [6.45, 7) is 4.06. The molecule has 0 heterocycles. The van der Waals surface area contributed by atoms with Crippen LogP contribution >= 0.6 is 0 Å². The van der Waals surface area contributed by atoms with Gasteiger partial charge in [-0.1, -0.05) is 32.6 Å². The van der Waals surface area contributed by atoms with E-state index >= 15 is 0 Å². The smallest absolute Gasteiger partial charge is 0.123 e. The molecular weight excluding hydrogens is 227 g/mol. The Balaban J connectivity index is 2.54. The topological polar surface area (TPSA) is 35.8 Å². The second-order valence-corrected chi connectivity index (χ2v) is 4.89. The monoisotopic (exact) mass is 248 g/mol. The number of hydrogen-bond donors (Lipinski definition) is 1. The molecule has 2 nitrogen and oxygen atoms in total. The van der Waals surface area contributed by atoms with Gasteiger partial charge in [-0.2, -0.15) is 5.26 Å². The Morgan fingerprint density at radius 3 is 2.44 bits per heavy atom. The van der Waals surface area contributed by atoms with Crippen molar-refractivity contribution < 1.29 is 4.39 Å². The van der Waals surface area contributed by atoms with Crippen molar-refractivity contribution in [1.82, 2.24) is 0 Å². The Hall–Kier alpha value is -1.56. The number of anilines is 1. The number of halogens is 1. The van der Waals surface area contributed by atoms with Crippen LogP contribution in [0.5, 0.6) is 0 Å². The molecule has 3 heteroatoms. The number of nitriles is 1. The summed E-state index contributed by atoms with van der Waals surface area (Å²) in [5, 5.41) is 12.5. The lowest BCUT2D eigenvalue weighted by Crippen LogP contribution is -2.32. The van der Waals surface area contributed by atoms with Gasteiger partial charge in [-0.3, -0.25) is 0 Å². The molecule has 1 N–H and O–H groups in total. The number of nitrogens with one attached hydrogen (secondary N) is 1. The fourth-order valence-electron chi connectivity index (χ4n) is 1.90. The molecule has 0 saturated carbocycles. The van der Waals surface area contributed by atoms with Crippen molar-refractivity contribution in [3.63, 3.8) is 0 Å². The summed E-state index contributed by atoms with van der Waals surface area (Å²) in [4.78, 5) is 0. The van der Waals surface area contributed by atoms with Gasteiger partial charge in [0.05, 0.1) is 6.07 Å². The van der Waals surface area contributed by atoms with Crippen LogP contribution in [0.4, 0.5) is 10.1 Å². The summed E-state index contributed by atoms with van der Waals surface area (Å²) >= 11 is 0. The molecular formula is C15H21FN2. The quantitative estimate of drug-likeness (QED) is 0.722. The first-order valence-corrected chi connectivity index (χ1v) is 6.54. The molecule has 1 rings (SSSR count). The lowest BCUT2D eigenvalue weighted by Gasteiger charge is -2.24. The number of hydrogen-bond acceptors (Lipinski definition) is 2. The van der Waals surface area contributed by atoms with Crippen molar-refractivity contribution in [1.29, 1.82) is 5.26 Å². The number of nitrogens with zero attached hydrogens (tertiary/aromatic N) is 1. The van der Waals surface area contributed by atoms with Gasteiger partial charge in [-0.25, -0.2) is 4.39 Å². The molecule has 0 saturated heterocycles. The van der Waals surface area contributed by atoms with E-state index in [0.717, 1.165) is 24.9 Å². The summed E-state index contributed by atoms with van der Waals surface area (Å²) < 4.78 is 12.8. The van der Waals surface area contributed by atoms with Crippen LogP contribution in [-0.2, 0) is 0 Å². The molecule has 1 atom stereocenters. The first-order valence-electron chi connectivity index (χ1n) is 6.54. The molecule has 0 amide bonds. The molecule has 0 aromatic heterocycles. The molecule has 0 aliphatic carbocycles. The number of unbranched alkanes of at least 4 members (excludes halogenated alkanes) is 3. The van der Waals surface area contributed by atoms with E-state index in [0.29, 0.717) is 0 Å². The Morgan fingerprint density at radius 2 is 1.89 bits per heavy atom. The standard InChI is InChI=1S/C15H21FN2/c1-3-4-5-6-11-15(2,12-17)18-14-9-7-13(16)8-10-14/h7-10,18H,3-6,11H2,1-2H3. The van der Waals surface area contributed by atoms with Crippen LogP contribution in [0.15, 0.2) is 24.3 Å². The SMILES string of the molecule is CCCCCCC(C)(C#N)Nc1ccc(F)cc1. The second kappa shape index (κ2) is 7.00. The minimum absolute atomic E-state index is 0.262. The maximum absolute atomic E-state index is 12.8. The minimum Gasteiger partial charge on any atom is -0.368 e. The van der Waals surface area contributed by atoms with E-state index in [4.69, 9.17) is 0 Å². The van der Waals surface area contributed by atoms with Crippen molar-refractivity contribution in [2.45, 2.75) is 51.5 Å². The highest BCUT2D eigenvalue weighted by molar-refractivity contribution is 5.47. The Bertz CT molecular complexity index is 394. The van der Waals surface area contributed by atoms with Crippen molar-refractivity contribution in [3.05, 3.63) is 30.1 Å². The fraction of sp³-hybridized carbons (Fsp3) is 0.533. The van der Waals surface area contributed by atoms with Crippen LogP contribution in [0.1, 0.15) is 46.0 Å². The van der Waals surface area contributed by atoms with Crippen LogP contribution in [-0.4, -0.2) is 5.54 Å². The average molecular weight is 248 g/mol. The largest absolute Gasteiger partial charge is 0.368 e. The molecule has 0 spiro atoms. The second-order valence-electron chi connectivity index (χ2n) is 4.89. The van der Waals surface area contributed by atoms with E-state index < -0.39 is 5.54 Å². The molecule has 18 heavy (non-hydrogen) atoms. The van der Waals surface area contributed by atoms with Gasteiger partial charge in [0, 0.05) is 5.69 Å². The molecule has 0 bridgehead atoms. The van der Waals surface area contributed by atoms with Gasteiger partial charge < -0.3 is 5.32 Å². The van der Waals surface area contributed by atoms with Crippen LogP contribution in [0, 0.1) is 17.1 Å². The third kappa shape index (κ3) is 4.75. The predicted octanol–water partition coefficient (Wildman–Crippen LogP) is 4.49. The zero-order valence-electron chi connectivity index (χ0n) is 11.2. The lowest BCUT2D eigenvalue weighted by molar-refractivity contribution is 0.528. The zero-order chi connectivity index (χ0) is 13.4. The van der Waals surface area contributed by atoms with Crippen LogP contribution in [0.3, 0.4) is 0 Å². The van der Waals surface area contributed by atoms with E-state index in [2.05, 4.69) is 18.3 Å². The fourth-order valence-corrected chi connectivity index (χ4v) is 1.90. The summed E-state index contributed by atoms with van der Waals surface area (Å²) in [5.41, 5.74) is 0.210. The molecule has 0 fully saturated rings. The number of rotatable bonds is 7. The molecule has 0 aliphatic rings. The van der Waals surface area contributed by atoms with Crippen LogP contribution < -0.4 is 5.32 Å². The van der Waals surface area contributed by atoms with E-state index in [-0.39, 0.29) is 5.82 Å². The Labute approximate surface area is 109 Å². The maximum atomic E-state index is 12.8. The highest BCUT2D eigenvalue weighted by Crippen LogP contribution is 2.21. The maximum Gasteiger partial charge on any atom is 0.123 e. The molecule has 1 unspecified atom stereocenters. The van der Waals surface area contributed by atoms with Gasteiger partial charge in [0.2, 0.25) is 0 Å². The van der Waals surface area contributed by atoms with Crippen LogP contribution in [0.2, 0.25) is 0 Å². The highest BCUT2D eigenvalue weighted by atomic mass is 19.1. The third-order valence-electron chi connectivity index (χ3n) is 3.04. The van der Waals surface area contributed by atoms with Gasteiger partial charge in [-0.05, 0) is 37.6 Å². The average Bonchev–Trinajstić information content (AvgIpc) is 2.38. The molecule has 0 radical (unpaired) electrons. The Kier molecular flexibility index (Phi) is 5.64. The van der Waals surface area contributed by atoms with Crippen molar-refractivity contribution in [2.75, 3.05) is 5.32 Å². The predicted molar refractivity (Wildman–Crippen MR) is 72.8 cm³/mol. The van der Waals surface area contributed by atoms with Gasteiger partial charge in [0.25, 0.3) is 0 Å². The van der Waals surface area contributed by atoms with E-state index in [1.807, 2.05) is 6.92 Å². The van der Waals surface area contributed by atoms with Gasteiger partial charge >= 0.3 is 0 Å². The van der Waals surface area contributed by atoms with Crippen molar-refractivity contribution in [2.24, 2.45) is 0 Å². The van der Waals surface area contributed by atoms with Crippen molar-refractivity contribution in [3.8, 4) is 6.07 Å². The third-order valence-corrected chi connectivity index (χ3v) is 3.04. The Morgan fingerprint density at radius 1 is 1.22 bits per heavy atom. The summed E-state index contributed by atoms with van der Waals surface area (Å²) in [5.74, 6) is -0.262. The molecule has 98 valence electrons. The highest BCUT2D eigenvalue weighted by Gasteiger charge is 2.22. The van der Waals surface area contributed by atoms with E-state index in [9.17, 15) is 9.65 Å². The van der Waals surface area contributed by atoms with Crippen LogP contribution in [0.25, 0.3) is 0 Å². The van der Waals surface area contributed by atoms with E-state index in [1.54, 1.807) is 12.1 Å². The molecule has 1 aromatic rings. The normalized spacial score (nSPS) is 13.7.